The number of allylic oxidation sites excluding steroid dienone is 4. The van der Waals surface area contributed by atoms with Gasteiger partial charge < -0.3 is 4.74 Å². The molecule has 0 aromatic heterocycles. The molecule has 3 aliphatic rings. The average molecular weight is 313 g/mol. The number of hydrogen-bond donors (Lipinski definition) is 0. The number of hydrogen-bond acceptors (Lipinski definition) is 2. The zero-order valence-corrected chi connectivity index (χ0v) is 13.4. The predicted molar refractivity (Wildman–Crippen MR) is 96.6 cm³/mol. The van der Waals surface area contributed by atoms with Gasteiger partial charge in [0.1, 0.15) is 5.75 Å². The first kappa shape index (κ1) is 13.8. The Morgan fingerprint density at radius 3 is 2.67 bits per heavy atom. The van der Waals surface area contributed by atoms with E-state index in [1.807, 2.05) is 6.07 Å². The van der Waals surface area contributed by atoms with E-state index < -0.39 is 0 Å². The highest BCUT2D eigenvalue weighted by molar-refractivity contribution is 6.00. The summed E-state index contributed by atoms with van der Waals surface area (Å²) in [6.07, 6.45) is 8.72. The van der Waals surface area contributed by atoms with Crippen LogP contribution in [0.1, 0.15) is 23.1 Å². The zero-order valence-electron chi connectivity index (χ0n) is 13.4. The minimum atomic E-state index is 0.183. The van der Waals surface area contributed by atoms with Crippen LogP contribution in [-0.4, -0.2) is 12.3 Å². The topological polar surface area (TPSA) is 21.6 Å². The molecule has 0 saturated heterocycles. The first-order chi connectivity index (χ1) is 11.9. The van der Waals surface area contributed by atoms with Crippen LogP contribution in [-0.2, 0) is 0 Å². The van der Waals surface area contributed by atoms with Crippen molar-refractivity contribution in [3.63, 3.8) is 0 Å². The average Bonchev–Trinajstić information content (AvgIpc) is 2.67. The molecule has 2 nitrogen and oxygen atoms in total. The third kappa shape index (κ3) is 2.06. The van der Waals surface area contributed by atoms with Crippen molar-refractivity contribution in [3.8, 4) is 5.75 Å². The summed E-state index contributed by atoms with van der Waals surface area (Å²) < 4.78 is 6.11. The summed E-state index contributed by atoms with van der Waals surface area (Å²) in [5.74, 6) is 2.10. The van der Waals surface area contributed by atoms with E-state index >= 15 is 0 Å². The number of fused-ring (bicyclic) bond motifs is 4. The van der Waals surface area contributed by atoms with Crippen molar-refractivity contribution in [3.05, 3.63) is 90.0 Å². The maximum absolute atomic E-state index is 6.11. The summed E-state index contributed by atoms with van der Waals surface area (Å²) in [6.45, 7) is 0.728. The van der Waals surface area contributed by atoms with Gasteiger partial charge in [-0.25, -0.2) is 0 Å². The molecule has 0 bridgehead atoms. The van der Waals surface area contributed by atoms with E-state index in [1.165, 1.54) is 16.8 Å². The highest BCUT2D eigenvalue weighted by atomic mass is 16.5. The highest BCUT2D eigenvalue weighted by Crippen LogP contribution is 2.51. The molecular formula is C22H19NO. The predicted octanol–water partition coefficient (Wildman–Crippen LogP) is 4.72. The second-order valence-electron chi connectivity index (χ2n) is 6.72. The highest BCUT2D eigenvalue weighted by Gasteiger charge is 2.44. The molecule has 2 aromatic rings. The Morgan fingerprint density at radius 1 is 0.917 bits per heavy atom. The van der Waals surface area contributed by atoms with E-state index in [1.54, 1.807) is 0 Å². The number of ether oxygens (including phenoxy) is 1. The van der Waals surface area contributed by atoms with E-state index in [0.717, 1.165) is 12.4 Å². The number of aliphatic imine (C=N–C) groups is 1. The normalized spacial score (nSPS) is 29.8. The smallest absolute Gasteiger partial charge is 0.124 e. The quantitative estimate of drug-likeness (QED) is 0.746. The molecule has 0 N–H and O–H groups in total. The van der Waals surface area contributed by atoms with Gasteiger partial charge in [0.05, 0.1) is 12.6 Å². The van der Waals surface area contributed by atoms with Gasteiger partial charge in [0, 0.05) is 29.0 Å². The van der Waals surface area contributed by atoms with Gasteiger partial charge in [-0.05, 0) is 17.7 Å². The van der Waals surface area contributed by atoms with Gasteiger partial charge in [0.25, 0.3) is 0 Å². The third-order valence-corrected chi connectivity index (χ3v) is 5.43. The summed E-state index contributed by atoms with van der Waals surface area (Å²) in [5, 5.41) is 0. The Balaban J connectivity index is 1.68. The lowest BCUT2D eigenvalue weighted by Crippen LogP contribution is -2.40. The van der Waals surface area contributed by atoms with Crippen molar-refractivity contribution in [2.24, 2.45) is 16.8 Å². The van der Waals surface area contributed by atoms with Crippen LogP contribution in [0.4, 0.5) is 0 Å². The molecule has 118 valence electrons. The van der Waals surface area contributed by atoms with Gasteiger partial charge in [-0.3, -0.25) is 4.99 Å². The summed E-state index contributed by atoms with van der Waals surface area (Å²) >= 11 is 0. The zero-order chi connectivity index (χ0) is 15.9. The maximum Gasteiger partial charge on any atom is 0.124 e. The van der Waals surface area contributed by atoms with Crippen LogP contribution in [0.15, 0.2) is 83.9 Å². The summed E-state index contributed by atoms with van der Waals surface area (Å²) in [4.78, 5) is 5.14. The summed E-state index contributed by atoms with van der Waals surface area (Å²) in [7, 11) is 0. The molecule has 2 heteroatoms. The molecule has 4 atom stereocenters. The molecule has 0 saturated carbocycles. The minimum Gasteiger partial charge on any atom is -0.493 e. The maximum atomic E-state index is 6.11. The first-order valence-electron chi connectivity index (χ1n) is 8.61. The Labute approximate surface area is 142 Å². The summed E-state index contributed by atoms with van der Waals surface area (Å²) in [6, 6.07) is 19.4. The molecule has 0 fully saturated rings. The molecule has 0 spiro atoms. The molecule has 5 rings (SSSR count). The van der Waals surface area contributed by atoms with E-state index in [4.69, 9.17) is 9.73 Å². The van der Waals surface area contributed by atoms with Gasteiger partial charge in [0.15, 0.2) is 0 Å². The number of para-hydroxylation sites is 1. The molecule has 2 aliphatic heterocycles. The van der Waals surface area contributed by atoms with Crippen LogP contribution in [0.3, 0.4) is 0 Å². The molecule has 2 heterocycles. The lowest BCUT2D eigenvalue weighted by Gasteiger charge is -2.44. The fourth-order valence-corrected chi connectivity index (χ4v) is 4.37. The number of benzene rings is 2. The first-order valence-corrected chi connectivity index (χ1v) is 8.61. The Kier molecular flexibility index (Phi) is 3.15. The Hall–Kier alpha value is -2.61. The summed E-state index contributed by atoms with van der Waals surface area (Å²) in [5.41, 5.74) is 3.81. The second kappa shape index (κ2) is 5.48. The SMILES string of the molecule is C1=CC2=NC3c4ccccc4OCC3C(c3ccccc3)C2C=C1. The van der Waals surface area contributed by atoms with Crippen molar-refractivity contribution in [2.45, 2.75) is 12.0 Å². The van der Waals surface area contributed by atoms with Crippen LogP contribution in [0.25, 0.3) is 0 Å². The van der Waals surface area contributed by atoms with Gasteiger partial charge in [-0.15, -0.1) is 0 Å². The monoisotopic (exact) mass is 313 g/mol. The van der Waals surface area contributed by atoms with Crippen LogP contribution in [0, 0.1) is 11.8 Å². The second-order valence-corrected chi connectivity index (χ2v) is 6.72. The van der Waals surface area contributed by atoms with E-state index in [-0.39, 0.29) is 6.04 Å². The number of rotatable bonds is 1. The van der Waals surface area contributed by atoms with E-state index in [0.29, 0.717) is 17.8 Å². The van der Waals surface area contributed by atoms with Crippen LogP contribution < -0.4 is 4.74 Å². The molecule has 0 amide bonds. The lowest BCUT2D eigenvalue weighted by atomic mass is 9.67. The van der Waals surface area contributed by atoms with E-state index in [2.05, 4.69) is 72.8 Å². The molecule has 2 aromatic carbocycles. The van der Waals surface area contributed by atoms with Crippen LogP contribution >= 0.6 is 0 Å². The largest absolute Gasteiger partial charge is 0.493 e. The molecule has 4 unspecified atom stereocenters. The minimum absolute atomic E-state index is 0.183. The Bertz CT molecular complexity index is 849. The van der Waals surface area contributed by atoms with Crippen LogP contribution in [0.2, 0.25) is 0 Å². The number of nitrogens with zero attached hydrogens (tertiary/aromatic N) is 1. The van der Waals surface area contributed by atoms with Gasteiger partial charge >= 0.3 is 0 Å². The molecule has 0 radical (unpaired) electrons. The van der Waals surface area contributed by atoms with Crippen molar-refractivity contribution in [2.75, 3.05) is 6.61 Å². The van der Waals surface area contributed by atoms with Crippen LogP contribution in [0.5, 0.6) is 5.75 Å². The fraction of sp³-hybridized carbons (Fsp3) is 0.227. The fourth-order valence-electron chi connectivity index (χ4n) is 4.37. The Morgan fingerprint density at radius 2 is 1.75 bits per heavy atom. The van der Waals surface area contributed by atoms with Gasteiger partial charge in [-0.2, -0.15) is 0 Å². The van der Waals surface area contributed by atoms with Crippen molar-refractivity contribution in [1.82, 2.24) is 0 Å². The molecular weight excluding hydrogens is 294 g/mol. The van der Waals surface area contributed by atoms with Crippen molar-refractivity contribution < 1.29 is 4.74 Å². The standard InChI is InChI=1S/C22H19NO/c1-2-8-15(9-3-1)21-16-10-4-6-12-19(16)23-22-17-11-5-7-13-20(17)24-14-18(21)22/h1-13,16,18,21-22H,14H2. The van der Waals surface area contributed by atoms with Crippen molar-refractivity contribution in [1.29, 1.82) is 0 Å². The lowest BCUT2D eigenvalue weighted by molar-refractivity contribution is 0.157. The van der Waals surface area contributed by atoms with Gasteiger partial charge in [-0.1, -0.05) is 66.8 Å². The van der Waals surface area contributed by atoms with E-state index in [9.17, 15) is 0 Å². The van der Waals surface area contributed by atoms with Crippen molar-refractivity contribution >= 4 is 5.71 Å². The van der Waals surface area contributed by atoms with Gasteiger partial charge in [0.2, 0.25) is 0 Å². The molecule has 24 heavy (non-hydrogen) atoms. The third-order valence-electron chi connectivity index (χ3n) is 5.43. The molecule has 1 aliphatic carbocycles.